The van der Waals surface area contributed by atoms with Gasteiger partial charge in [-0.15, -0.1) is 0 Å². The number of amides is 1. The van der Waals surface area contributed by atoms with E-state index in [1.807, 2.05) is 38.1 Å². The number of fused-ring (bicyclic) bond motifs is 1. The molecular formula is C20H24ClN5O2S. The highest BCUT2D eigenvalue weighted by atomic mass is 35.5. The van der Waals surface area contributed by atoms with Gasteiger partial charge in [-0.05, 0) is 38.1 Å². The molecule has 3 aromatic rings. The van der Waals surface area contributed by atoms with Gasteiger partial charge in [-0.2, -0.15) is 5.10 Å². The van der Waals surface area contributed by atoms with Crippen LogP contribution in [0.3, 0.4) is 0 Å². The van der Waals surface area contributed by atoms with Gasteiger partial charge < -0.3 is 4.74 Å². The Bertz CT molecular complexity index is 1010. The van der Waals surface area contributed by atoms with Crippen molar-refractivity contribution in [2.75, 3.05) is 44.3 Å². The molecule has 0 saturated carbocycles. The molecule has 3 heterocycles. The van der Waals surface area contributed by atoms with Gasteiger partial charge in [0, 0.05) is 36.9 Å². The number of benzene rings is 1. The molecule has 0 aliphatic carbocycles. The fourth-order valence-electron chi connectivity index (χ4n) is 3.44. The van der Waals surface area contributed by atoms with E-state index in [2.05, 4.69) is 10.00 Å². The van der Waals surface area contributed by atoms with Crippen molar-refractivity contribution in [1.29, 1.82) is 0 Å². The maximum atomic E-state index is 13.3. The minimum absolute atomic E-state index is 0.0189. The molecule has 29 heavy (non-hydrogen) atoms. The number of halogens is 1. The van der Waals surface area contributed by atoms with Crippen LogP contribution in [0.25, 0.3) is 10.2 Å². The van der Waals surface area contributed by atoms with Gasteiger partial charge in [0.1, 0.15) is 6.54 Å². The van der Waals surface area contributed by atoms with Crippen LogP contribution in [0.2, 0.25) is 5.02 Å². The Balaban J connectivity index is 1.58. The molecule has 1 fully saturated rings. The van der Waals surface area contributed by atoms with Crippen molar-refractivity contribution in [1.82, 2.24) is 19.7 Å². The van der Waals surface area contributed by atoms with Crippen LogP contribution in [-0.4, -0.2) is 65.0 Å². The quantitative estimate of drug-likeness (QED) is 0.597. The topological polar surface area (TPSA) is 63.5 Å². The summed E-state index contributed by atoms with van der Waals surface area (Å²) in [5.41, 5.74) is 2.73. The number of rotatable bonds is 6. The van der Waals surface area contributed by atoms with Gasteiger partial charge in [-0.3, -0.25) is 19.3 Å². The number of hydrogen-bond donors (Lipinski definition) is 0. The number of carbonyl (C=O) groups is 1. The number of nitrogens with zero attached hydrogens (tertiary/aromatic N) is 5. The normalized spacial score (nSPS) is 15.1. The van der Waals surface area contributed by atoms with E-state index in [-0.39, 0.29) is 12.5 Å². The lowest BCUT2D eigenvalue weighted by atomic mass is 10.3. The third kappa shape index (κ3) is 4.78. The molecule has 4 rings (SSSR count). The first-order valence-electron chi connectivity index (χ1n) is 9.67. The monoisotopic (exact) mass is 433 g/mol. The fraction of sp³-hybridized carbons (Fsp3) is 0.450. The second kappa shape index (κ2) is 8.79. The molecule has 0 radical (unpaired) electrons. The number of aryl methyl sites for hydroxylation is 2. The highest BCUT2D eigenvalue weighted by Crippen LogP contribution is 2.31. The highest BCUT2D eigenvalue weighted by Gasteiger charge is 2.22. The maximum absolute atomic E-state index is 13.3. The van der Waals surface area contributed by atoms with Crippen molar-refractivity contribution in [3.05, 3.63) is 40.7 Å². The minimum Gasteiger partial charge on any atom is -0.379 e. The van der Waals surface area contributed by atoms with Crippen LogP contribution in [-0.2, 0) is 16.1 Å². The molecule has 2 aromatic heterocycles. The summed E-state index contributed by atoms with van der Waals surface area (Å²) in [5.74, 6) is -0.0189. The Morgan fingerprint density at radius 1 is 1.28 bits per heavy atom. The predicted octanol–water partition coefficient (Wildman–Crippen LogP) is 3.13. The zero-order valence-electron chi connectivity index (χ0n) is 16.6. The summed E-state index contributed by atoms with van der Waals surface area (Å²) in [6.45, 7) is 8.68. The van der Waals surface area contributed by atoms with Crippen molar-refractivity contribution < 1.29 is 9.53 Å². The van der Waals surface area contributed by atoms with Crippen LogP contribution in [0.1, 0.15) is 11.4 Å². The predicted molar refractivity (Wildman–Crippen MR) is 116 cm³/mol. The van der Waals surface area contributed by atoms with Crippen LogP contribution >= 0.6 is 22.9 Å². The average molecular weight is 434 g/mol. The molecule has 7 nitrogen and oxygen atoms in total. The summed E-state index contributed by atoms with van der Waals surface area (Å²) in [6, 6.07) is 7.58. The van der Waals surface area contributed by atoms with Crippen molar-refractivity contribution >= 4 is 44.2 Å². The Hall–Kier alpha value is -2.00. The molecule has 154 valence electrons. The van der Waals surface area contributed by atoms with E-state index >= 15 is 0 Å². The number of morpholine rings is 1. The summed E-state index contributed by atoms with van der Waals surface area (Å²) in [5, 5.41) is 5.80. The number of ether oxygens (including phenoxy) is 1. The Morgan fingerprint density at radius 2 is 2.07 bits per heavy atom. The van der Waals surface area contributed by atoms with E-state index in [0.29, 0.717) is 16.7 Å². The number of hydrogen-bond acceptors (Lipinski definition) is 6. The van der Waals surface area contributed by atoms with Crippen molar-refractivity contribution in [3.63, 3.8) is 0 Å². The van der Waals surface area contributed by atoms with Crippen molar-refractivity contribution in [2.45, 2.75) is 20.4 Å². The lowest BCUT2D eigenvalue weighted by Gasteiger charge is -2.29. The van der Waals surface area contributed by atoms with Gasteiger partial charge in [-0.1, -0.05) is 22.9 Å². The molecule has 1 saturated heterocycles. The summed E-state index contributed by atoms with van der Waals surface area (Å²) < 4.78 is 8.16. The van der Waals surface area contributed by atoms with Gasteiger partial charge in [-0.25, -0.2) is 4.98 Å². The van der Waals surface area contributed by atoms with Crippen molar-refractivity contribution in [3.8, 4) is 0 Å². The fourth-order valence-corrected chi connectivity index (χ4v) is 4.73. The largest absolute Gasteiger partial charge is 0.379 e. The second-order valence-corrected chi connectivity index (χ2v) is 8.64. The maximum Gasteiger partial charge on any atom is 0.250 e. The zero-order valence-corrected chi connectivity index (χ0v) is 18.2. The van der Waals surface area contributed by atoms with Crippen LogP contribution in [0.4, 0.5) is 5.13 Å². The summed E-state index contributed by atoms with van der Waals surface area (Å²) in [7, 11) is 0. The Labute approximate surface area is 178 Å². The molecular weight excluding hydrogens is 410 g/mol. The molecule has 0 bridgehead atoms. The van der Waals surface area contributed by atoms with E-state index in [0.717, 1.165) is 54.5 Å². The lowest BCUT2D eigenvalue weighted by Crippen LogP contribution is -2.44. The van der Waals surface area contributed by atoms with E-state index in [1.54, 1.807) is 9.58 Å². The van der Waals surface area contributed by atoms with Gasteiger partial charge in [0.05, 0.1) is 29.1 Å². The number of thiazole rings is 1. The molecule has 1 amide bonds. The molecule has 9 heteroatoms. The lowest BCUT2D eigenvalue weighted by molar-refractivity contribution is -0.119. The first-order valence-corrected chi connectivity index (χ1v) is 10.9. The van der Waals surface area contributed by atoms with Gasteiger partial charge in [0.25, 0.3) is 5.91 Å². The second-order valence-electron chi connectivity index (χ2n) is 7.19. The molecule has 1 aromatic carbocycles. The zero-order chi connectivity index (χ0) is 20.4. The summed E-state index contributed by atoms with van der Waals surface area (Å²) in [4.78, 5) is 22.1. The summed E-state index contributed by atoms with van der Waals surface area (Å²) >= 11 is 7.62. The van der Waals surface area contributed by atoms with Gasteiger partial charge in [0.15, 0.2) is 5.13 Å². The van der Waals surface area contributed by atoms with Crippen molar-refractivity contribution in [2.24, 2.45) is 0 Å². The number of anilines is 1. The van der Waals surface area contributed by atoms with Crippen LogP contribution in [0.5, 0.6) is 0 Å². The van der Waals surface area contributed by atoms with Crippen LogP contribution < -0.4 is 4.90 Å². The first kappa shape index (κ1) is 20.3. The molecule has 0 N–H and O–H groups in total. The molecule has 0 spiro atoms. The molecule has 1 aliphatic rings. The average Bonchev–Trinajstić information content (AvgIpc) is 3.24. The van der Waals surface area contributed by atoms with Gasteiger partial charge >= 0.3 is 0 Å². The standard InChI is InChI=1S/C20H24ClN5O2S/c1-14-11-15(2)26(23-14)13-19(27)25(6-5-24-7-9-28-10-8-24)20-22-17-4-3-16(21)12-18(17)29-20/h3-4,11-12H,5-10,13H2,1-2H3. The molecule has 0 unspecified atom stereocenters. The summed E-state index contributed by atoms with van der Waals surface area (Å²) in [6.07, 6.45) is 0. The van der Waals surface area contributed by atoms with Crippen LogP contribution in [0.15, 0.2) is 24.3 Å². The SMILES string of the molecule is Cc1cc(C)n(CC(=O)N(CCN2CCOCC2)c2nc3ccc(Cl)cc3s2)n1. The van der Waals surface area contributed by atoms with E-state index in [1.165, 1.54) is 11.3 Å². The van der Waals surface area contributed by atoms with Crippen LogP contribution in [0, 0.1) is 13.8 Å². The molecule has 0 atom stereocenters. The third-order valence-corrected chi connectivity index (χ3v) is 6.28. The highest BCUT2D eigenvalue weighted by molar-refractivity contribution is 7.22. The number of carbonyl (C=O) groups excluding carboxylic acids is 1. The first-order chi connectivity index (χ1) is 14.0. The third-order valence-electron chi connectivity index (χ3n) is 5.00. The molecule has 1 aliphatic heterocycles. The van der Waals surface area contributed by atoms with E-state index in [4.69, 9.17) is 21.3 Å². The number of aromatic nitrogens is 3. The Morgan fingerprint density at radius 3 is 2.79 bits per heavy atom. The smallest absolute Gasteiger partial charge is 0.250 e. The van der Waals surface area contributed by atoms with E-state index < -0.39 is 0 Å². The van der Waals surface area contributed by atoms with E-state index in [9.17, 15) is 4.79 Å². The Kier molecular flexibility index (Phi) is 6.15. The minimum atomic E-state index is -0.0189. The van der Waals surface area contributed by atoms with Gasteiger partial charge in [0.2, 0.25) is 0 Å².